The number of aromatic amines is 1. The molecule has 21 N–H and O–H groups in total. The topological polar surface area (TPSA) is 568 Å². The summed E-state index contributed by atoms with van der Waals surface area (Å²) in [4.78, 5) is 171. The number of carboxylic acid groups (broad SMARTS) is 4. The highest BCUT2D eigenvalue weighted by molar-refractivity contribution is 8.83. The van der Waals surface area contributed by atoms with Crippen molar-refractivity contribution < 1.29 is 83.4 Å². The van der Waals surface area contributed by atoms with Crippen LogP contribution in [0.4, 0.5) is 11.6 Å². The van der Waals surface area contributed by atoms with Gasteiger partial charge in [0.2, 0.25) is 35.5 Å². The zero-order valence-electron chi connectivity index (χ0n) is 46.1. The van der Waals surface area contributed by atoms with Crippen LogP contribution in [0.25, 0.3) is 11.2 Å². The van der Waals surface area contributed by atoms with Crippen molar-refractivity contribution in [2.75, 3.05) is 49.5 Å². The Morgan fingerprint density at radius 1 is 0.733 bits per heavy atom. The molecule has 0 fully saturated rings. The van der Waals surface area contributed by atoms with E-state index in [1.807, 2.05) is 18.7 Å². The van der Waals surface area contributed by atoms with Crippen molar-refractivity contribution in [3.63, 3.8) is 0 Å². The number of aliphatic carboxylic acids is 4. The van der Waals surface area contributed by atoms with Gasteiger partial charge in [-0.1, -0.05) is 23.0 Å². The number of rotatable bonds is 38. The molecule has 38 heteroatoms. The number of Topliss-reactive ketones (excluding diaryl/α,β-unsaturated/α-hetero) is 1. The van der Waals surface area contributed by atoms with Gasteiger partial charge < -0.3 is 89.5 Å². The third-order valence-corrected chi connectivity index (χ3v) is 14.8. The van der Waals surface area contributed by atoms with Gasteiger partial charge in [0.15, 0.2) is 23.4 Å². The van der Waals surface area contributed by atoms with Crippen LogP contribution in [0, 0.1) is 5.41 Å². The number of thiocarbonyl (C=S) groups is 1. The highest BCUT2D eigenvalue weighted by Gasteiger charge is 2.35. The first-order valence-electron chi connectivity index (χ1n) is 25.9. The van der Waals surface area contributed by atoms with E-state index in [1.54, 1.807) is 0 Å². The summed E-state index contributed by atoms with van der Waals surface area (Å²) in [6.07, 6.45) is -5.48. The van der Waals surface area contributed by atoms with Crippen molar-refractivity contribution in [2.45, 2.75) is 108 Å². The number of carboxylic acids is 4. The zero-order valence-corrected chi connectivity index (χ0v) is 48.5. The van der Waals surface area contributed by atoms with E-state index in [4.69, 9.17) is 29.1 Å². The minimum absolute atomic E-state index is 0.0277. The van der Waals surface area contributed by atoms with Crippen LogP contribution in [-0.2, 0) is 54.5 Å². The Morgan fingerprint density at radius 3 is 1.85 bits per heavy atom. The lowest BCUT2D eigenvalue weighted by molar-refractivity contribution is -0.143. The third-order valence-electron chi connectivity index (χ3n) is 11.8. The Balaban J connectivity index is 1.72. The predicted molar refractivity (Wildman–Crippen MR) is 311 cm³/mol. The monoisotopic (exact) mass is 1270 g/mol. The number of carbonyl (C=O) groups excluding carboxylic acids is 7. The number of nitrogen functional groups attached to an aromatic ring is 1. The van der Waals surface area contributed by atoms with E-state index in [0.29, 0.717) is 28.8 Å². The van der Waals surface area contributed by atoms with E-state index < -0.39 is 164 Å². The fourth-order valence-corrected chi connectivity index (χ4v) is 10.2. The van der Waals surface area contributed by atoms with E-state index >= 15 is 0 Å². The standard InChI is InChI=1S/C48H67N17O18S3/c1-3-65(4-2)48(84)86-85-21-31(39(76)56-20-35(73)74)62-43(80)30(16-34(71)72)61-42(79)29(15-33(69)70)60-40(77)26(6-5-13-52-46(49)50)58-41(78)28(14-32(67)68)54-19-25(66)11-12-27(45(82)83)59-38(75)22-7-9-23(10-8-22)53-17-24-18-55-37-36(57-24)44(81)64-47(51)63-37/h7-10,18,26-31,35,53-54,73-74H,3-6,11-17,19-21H2,1-2H3,(H,56,76)(H,58,78)(H,59,75)(H,60,77)(H,61,79)(H,62,80)(H,67,68)(H,69,70)(H,71,72)(H,82,83)(H4,49,50,52)(H3,51,55,63,64,81)/t26-,27-,28-,29-,30-,31+/m0/s1. The number of benzene rings is 1. The quantitative estimate of drug-likeness (QED) is 0.00642. The van der Waals surface area contributed by atoms with Crippen molar-refractivity contribution in [2.24, 2.45) is 5.73 Å². The molecule has 0 radical (unpaired) electrons. The van der Waals surface area contributed by atoms with Crippen LogP contribution in [0.5, 0.6) is 0 Å². The average molecular weight is 1270 g/mol. The van der Waals surface area contributed by atoms with Crippen molar-refractivity contribution in [3.8, 4) is 0 Å². The Bertz CT molecular complexity index is 3010. The summed E-state index contributed by atoms with van der Waals surface area (Å²) >= 11 is 5.39. The fraction of sp³-hybridized carbons (Fsp3) is 0.479. The van der Waals surface area contributed by atoms with E-state index in [0.717, 1.165) is 21.6 Å². The van der Waals surface area contributed by atoms with E-state index in [-0.39, 0.29) is 54.4 Å². The molecule has 470 valence electrons. The van der Waals surface area contributed by atoms with Crippen LogP contribution >= 0.6 is 33.8 Å². The Kier molecular flexibility index (Phi) is 30.0. The van der Waals surface area contributed by atoms with Crippen molar-refractivity contribution >= 4 is 132 Å². The molecule has 6 atom stereocenters. The van der Waals surface area contributed by atoms with Crippen LogP contribution in [-0.4, -0.2) is 212 Å². The number of anilines is 2. The van der Waals surface area contributed by atoms with Gasteiger partial charge in [-0.05, 0) is 68.2 Å². The first kappa shape index (κ1) is 71.4. The van der Waals surface area contributed by atoms with Gasteiger partial charge in [-0.3, -0.25) is 68.4 Å². The Hall–Kier alpha value is -8.85. The molecule has 3 aromatic rings. The molecule has 2 aromatic heterocycles. The second kappa shape index (κ2) is 36.1. The summed E-state index contributed by atoms with van der Waals surface area (Å²) < 4.78 is 0.417. The molecule has 0 unspecified atom stereocenters. The maximum absolute atomic E-state index is 13.9. The molecule has 2 heterocycles. The summed E-state index contributed by atoms with van der Waals surface area (Å²) in [5.41, 5.74) is 11.2. The molecular formula is C48H67N17O18S3. The number of hydrogen-bond donors (Lipinski definition) is 19. The number of carbonyl (C=O) groups is 11. The van der Waals surface area contributed by atoms with Gasteiger partial charge in [0.25, 0.3) is 11.5 Å². The fourth-order valence-electron chi connectivity index (χ4n) is 7.39. The van der Waals surface area contributed by atoms with Crippen LogP contribution in [0.1, 0.15) is 74.8 Å². The number of aromatic nitrogens is 4. The van der Waals surface area contributed by atoms with E-state index in [1.165, 1.54) is 30.5 Å². The number of guanidine groups is 1. The first-order valence-corrected chi connectivity index (χ1v) is 28.6. The first-order chi connectivity index (χ1) is 40.6. The molecule has 86 heavy (non-hydrogen) atoms. The maximum Gasteiger partial charge on any atom is 0.326 e. The molecule has 0 spiro atoms. The van der Waals surface area contributed by atoms with Gasteiger partial charge in [0.1, 0.15) is 40.3 Å². The average Bonchev–Trinajstić information content (AvgIpc) is 2.63. The minimum atomic E-state index is -2.12. The normalized spacial score (nSPS) is 13.0. The van der Waals surface area contributed by atoms with Crippen LogP contribution in [0.15, 0.2) is 35.3 Å². The smallest absolute Gasteiger partial charge is 0.326 e. The number of hydrogen-bond acceptors (Lipinski definition) is 24. The van der Waals surface area contributed by atoms with Gasteiger partial charge in [-0.25, -0.2) is 14.8 Å². The zero-order chi connectivity index (χ0) is 64.2. The molecule has 0 aliphatic rings. The van der Waals surface area contributed by atoms with Crippen molar-refractivity contribution in [3.05, 3.63) is 52.1 Å². The van der Waals surface area contributed by atoms with Crippen molar-refractivity contribution in [1.29, 1.82) is 5.41 Å². The van der Waals surface area contributed by atoms with Gasteiger partial charge in [-0.15, -0.1) is 0 Å². The molecule has 35 nitrogen and oxygen atoms in total. The van der Waals surface area contributed by atoms with Crippen LogP contribution in [0.3, 0.4) is 0 Å². The second-order valence-electron chi connectivity index (χ2n) is 18.3. The number of H-pyrrole nitrogens is 1. The molecule has 6 amide bonds. The molecule has 0 bridgehead atoms. The number of amides is 6. The van der Waals surface area contributed by atoms with Gasteiger partial charge in [0, 0.05) is 43.1 Å². The predicted octanol–water partition coefficient (Wildman–Crippen LogP) is -4.54. The van der Waals surface area contributed by atoms with E-state index in [9.17, 15) is 88.2 Å². The number of nitrogens with zero attached hydrogens (tertiary/aromatic N) is 4. The van der Waals surface area contributed by atoms with Gasteiger partial charge in [-0.2, -0.15) is 4.98 Å². The molecule has 0 aliphatic carbocycles. The highest BCUT2D eigenvalue weighted by atomic mass is 33.1. The lowest BCUT2D eigenvalue weighted by Gasteiger charge is -2.26. The maximum atomic E-state index is 13.9. The van der Waals surface area contributed by atoms with Crippen LogP contribution in [0.2, 0.25) is 0 Å². The number of nitrogens with one attached hydrogen (secondary N) is 11. The van der Waals surface area contributed by atoms with E-state index in [2.05, 4.69) is 67.8 Å². The lowest BCUT2D eigenvalue weighted by Crippen LogP contribution is -2.60. The number of aliphatic hydroxyl groups is 2. The largest absolute Gasteiger partial charge is 0.481 e. The van der Waals surface area contributed by atoms with Crippen LogP contribution < -0.4 is 64.9 Å². The Morgan fingerprint density at radius 2 is 1.29 bits per heavy atom. The molecule has 0 saturated heterocycles. The number of fused-ring (bicyclic) bond motifs is 1. The summed E-state index contributed by atoms with van der Waals surface area (Å²) in [6.45, 7) is 3.34. The SMILES string of the molecule is CCN(CC)C(=S)SSC[C@@H](NC(=O)[C@H](CC(=O)O)NC(=O)[C@H](CC(=O)O)NC(=O)[C@H](CCCNC(=N)N)NC(=O)[C@H](CC(=O)O)NCC(=O)CC[C@H](NC(=O)c1ccc(NCc2cnc3nc(N)[nH]c(=O)c3n2)cc1)C(=O)O)C(=O)NCC(O)O. The second-order valence-corrected chi connectivity index (χ2v) is 21.3. The molecule has 0 aliphatic heterocycles. The summed E-state index contributed by atoms with van der Waals surface area (Å²) in [6, 6.07) is -5.10. The Labute approximate surface area is 501 Å². The van der Waals surface area contributed by atoms with Gasteiger partial charge >= 0.3 is 23.9 Å². The summed E-state index contributed by atoms with van der Waals surface area (Å²) in [5.74, 6) is -15.1. The minimum Gasteiger partial charge on any atom is -0.481 e. The molecule has 1 aromatic carbocycles. The molecular weight excluding hydrogens is 1200 g/mol. The highest BCUT2D eigenvalue weighted by Crippen LogP contribution is 2.26. The summed E-state index contributed by atoms with van der Waals surface area (Å²) in [7, 11) is 2.06. The number of nitrogens with two attached hydrogens (primary N) is 2. The molecule has 3 rings (SSSR count). The lowest BCUT2D eigenvalue weighted by atomic mass is 10.1. The molecule has 0 saturated carbocycles. The number of ketones is 1. The number of aliphatic hydroxyl groups excluding tert-OH is 1. The van der Waals surface area contributed by atoms with Gasteiger partial charge in [0.05, 0.1) is 56.8 Å². The third kappa shape index (κ3) is 25.6. The van der Waals surface area contributed by atoms with Crippen molar-refractivity contribution in [1.82, 2.24) is 67.4 Å². The summed E-state index contributed by atoms with van der Waals surface area (Å²) in [5, 5.41) is 86.2.